The maximum atomic E-state index is 5.55. The van der Waals surface area contributed by atoms with Gasteiger partial charge in [-0.25, -0.2) is 0 Å². The largest absolute Gasteiger partial charge is 0.490 e. The van der Waals surface area contributed by atoms with E-state index in [1.165, 1.54) is 0 Å². The summed E-state index contributed by atoms with van der Waals surface area (Å²) >= 11 is 4.87. The summed E-state index contributed by atoms with van der Waals surface area (Å²) in [6.07, 6.45) is 1.55. The van der Waals surface area contributed by atoms with Gasteiger partial charge in [-0.15, -0.1) is 0 Å². The number of rotatable bonds is 7. The lowest BCUT2D eigenvalue weighted by atomic mass is 10.1. The van der Waals surface area contributed by atoms with E-state index in [-0.39, 0.29) is 0 Å². The molecular weight excluding hydrogens is 234 g/mol. The summed E-state index contributed by atoms with van der Waals surface area (Å²) in [4.78, 5) is 0.539. The number of nitrogens with two attached hydrogens (primary N) is 1. The summed E-state index contributed by atoms with van der Waals surface area (Å²) in [7, 11) is 0. The van der Waals surface area contributed by atoms with Crippen LogP contribution in [0.5, 0.6) is 11.5 Å². The molecule has 0 unspecified atom stereocenters. The average Bonchev–Trinajstić information content (AvgIpc) is 2.30. The number of hydrogen-bond donors (Lipinski definition) is 1. The molecule has 17 heavy (non-hydrogen) atoms. The van der Waals surface area contributed by atoms with E-state index in [4.69, 9.17) is 27.4 Å². The second kappa shape index (κ2) is 7.12. The number of aryl methyl sites for hydroxylation is 1. The molecule has 0 aliphatic rings. The zero-order valence-corrected chi connectivity index (χ0v) is 11.2. The summed E-state index contributed by atoms with van der Waals surface area (Å²) in [5, 5.41) is 0. The molecule has 0 saturated heterocycles. The standard InChI is InChI=1S/C13H19NO2S/c1-3-15-11-7-5-10(6-8-13(14)17)9-12(11)16-4-2/h5,7,9H,3-4,6,8H2,1-2H3,(H2,14,17). The highest BCUT2D eigenvalue weighted by atomic mass is 32.1. The van der Waals surface area contributed by atoms with Crippen LogP contribution in [0.1, 0.15) is 25.8 Å². The second-order valence-corrected chi connectivity index (χ2v) is 4.14. The van der Waals surface area contributed by atoms with Crippen molar-refractivity contribution in [3.63, 3.8) is 0 Å². The van der Waals surface area contributed by atoms with Crippen molar-refractivity contribution in [3.8, 4) is 11.5 Å². The minimum atomic E-state index is 0.539. The van der Waals surface area contributed by atoms with E-state index in [1.54, 1.807) is 0 Å². The predicted octanol–water partition coefficient (Wildman–Crippen LogP) is 2.70. The lowest BCUT2D eigenvalue weighted by Crippen LogP contribution is -2.08. The molecule has 1 aromatic carbocycles. The fourth-order valence-electron chi connectivity index (χ4n) is 1.52. The van der Waals surface area contributed by atoms with Gasteiger partial charge in [-0.2, -0.15) is 0 Å². The third-order valence-electron chi connectivity index (χ3n) is 2.27. The Bertz CT molecular complexity index is 380. The Hall–Kier alpha value is -1.29. The SMILES string of the molecule is CCOc1ccc(CCC(N)=S)cc1OCC. The van der Waals surface area contributed by atoms with Crippen LogP contribution in [0.15, 0.2) is 18.2 Å². The van der Waals surface area contributed by atoms with Gasteiger partial charge >= 0.3 is 0 Å². The molecule has 1 aromatic rings. The number of ether oxygens (including phenoxy) is 2. The van der Waals surface area contributed by atoms with Gasteiger partial charge in [0.15, 0.2) is 11.5 Å². The van der Waals surface area contributed by atoms with Crippen molar-refractivity contribution in [1.82, 2.24) is 0 Å². The molecule has 0 bridgehead atoms. The van der Waals surface area contributed by atoms with Crippen LogP contribution in [0.25, 0.3) is 0 Å². The minimum absolute atomic E-state index is 0.539. The topological polar surface area (TPSA) is 44.5 Å². The molecule has 4 heteroatoms. The summed E-state index contributed by atoms with van der Waals surface area (Å²) in [5.41, 5.74) is 6.65. The number of hydrogen-bond acceptors (Lipinski definition) is 3. The van der Waals surface area contributed by atoms with Gasteiger partial charge in [-0.1, -0.05) is 18.3 Å². The Morgan fingerprint density at radius 1 is 1.18 bits per heavy atom. The van der Waals surface area contributed by atoms with Crippen molar-refractivity contribution in [1.29, 1.82) is 0 Å². The van der Waals surface area contributed by atoms with E-state index in [1.807, 2.05) is 32.0 Å². The van der Waals surface area contributed by atoms with E-state index < -0.39 is 0 Å². The molecule has 0 saturated carbocycles. The minimum Gasteiger partial charge on any atom is -0.490 e. The van der Waals surface area contributed by atoms with E-state index in [9.17, 15) is 0 Å². The van der Waals surface area contributed by atoms with E-state index >= 15 is 0 Å². The number of benzene rings is 1. The molecule has 0 spiro atoms. The third kappa shape index (κ3) is 4.61. The van der Waals surface area contributed by atoms with Crippen molar-refractivity contribution in [3.05, 3.63) is 23.8 Å². The molecular formula is C13H19NO2S. The highest BCUT2D eigenvalue weighted by molar-refractivity contribution is 7.80. The molecule has 0 aliphatic carbocycles. The second-order valence-electron chi connectivity index (χ2n) is 3.61. The fourth-order valence-corrected chi connectivity index (χ4v) is 1.62. The van der Waals surface area contributed by atoms with Gasteiger partial charge in [0.2, 0.25) is 0 Å². The molecule has 1 rings (SSSR count). The zero-order valence-electron chi connectivity index (χ0n) is 10.4. The quantitative estimate of drug-likeness (QED) is 0.759. The van der Waals surface area contributed by atoms with Crippen LogP contribution in [0.2, 0.25) is 0 Å². The third-order valence-corrected chi connectivity index (χ3v) is 2.47. The highest BCUT2D eigenvalue weighted by Gasteiger charge is 2.06. The monoisotopic (exact) mass is 253 g/mol. The van der Waals surface area contributed by atoms with E-state index in [2.05, 4.69) is 0 Å². The fraction of sp³-hybridized carbons (Fsp3) is 0.462. The molecule has 0 atom stereocenters. The van der Waals surface area contributed by atoms with Crippen LogP contribution < -0.4 is 15.2 Å². The Balaban J connectivity index is 2.80. The molecule has 0 heterocycles. The van der Waals surface area contributed by atoms with Crippen LogP contribution >= 0.6 is 12.2 Å². The van der Waals surface area contributed by atoms with Crippen molar-refractivity contribution < 1.29 is 9.47 Å². The van der Waals surface area contributed by atoms with E-state index in [0.717, 1.165) is 29.9 Å². The van der Waals surface area contributed by atoms with Gasteiger partial charge in [-0.3, -0.25) is 0 Å². The molecule has 0 aromatic heterocycles. The summed E-state index contributed by atoms with van der Waals surface area (Å²) in [6, 6.07) is 5.95. The van der Waals surface area contributed by atoms with Gasteiger partial charge in [0.05, 0.1) is 18.2 Å². The van der Waals surface area contributed by atoms with Gasteiger partial charge < -0.3 is 15.2 Å². The Kier molecular flexibility index (Phi) is 5.77. The highest BCUT2D eigenvalue weighted by Crippen LogP contribution is 2.28. The van der Waals surface area contributed by atoms with Gasteiger partial charge in [0.1, 0.15) is 0 Å². The lowest BCUT2D eigenvalue weighted by molar-refractivity contribution is 0.287. The normalized spacial score (nSPS) is 10.0. The molecule has 0 fully saturated rings. The summed E-state index contributed by atoms with van der Waals surface area (Å²) in [5.74, 6) is 1.57. The van der Waals surface area contributed by atoms with Crippen LogP contribution in [0.3, 0.4) is 0 Å². The first-order chi connectivity index (χ1) is 8.17. The van der Waals surface area contributed by atoms with Crippen molar-refractivity contribution >= 4 is 17.2 Å². The van der Waals surface area contributed by atoms with Crippen LogP contribution in [-0.4, -0.2) is 18.2 Å². The first kappa shape index (κ1) is 13.8. The molecule has 94 valence electrons. The smallest absolute Gasteiger partial charge is 0.161 e. The number of thiocarbonyl (C=S) groups is 1. The molecule has 2 N–H and O–H groups in total. The van der Waals surface area contributed by atoms with Gasteiger partial charge in [-0.05, 0) is 38.0 Å². The lowest BCUT2D eigenvalue weighted by Gasteiger charge is -2.12. The van der Waals surface area contributed by atoms with Crippen molar-refractivity contribution in [2.45, 2.75) is 26.7 Å². The van der Waals surface area contributed by atoms with Crippen LogP contribution in [-0.2, 0) is 6.42 Å². The van der Waals surface area contributed by atoms with Crippen molar-refractivity contribution in [2.75, 3.05) is 13.2 Å². The summed E-state index contributed by atoms with van der Waals surface area (Å²) in [6.45, 7) is 5.17. The maximum Gasteiger partial charge on any atom is 0.161 e. The van der Waals surface area contributed by atoms with Crippen LogP contribution in [0.4, 0.5) is 0 Å². The predicted molar refractivity (Wildman–Crippen MR) is 73.9 cm³/mol. The zero-order chi connectivity index (χ0) is 12.7. The van der Waals surface area contributed by atoms with E-state index in [0.29, 0.717) is 18.2 Å². The maximum absolute atomic E-state index is 5.55. The van der Waals surface area contributed by atoms with Crippen molar-refractivity contribution in [2.24, 2.45) is 5.73 Å². The van der Waals surface area contributed by atoms with Crippen LogP contribution in [0, 0.1) is 0 Å². The first-order valence-corrected chi connectivity index (χ1v) is 6.25. The Labute approximate surface area is 108 Å². The average molecular weight is 253 g/mol. The molecule has 0 amide bonds. The summed E-state index contributed by atoms with van der Waals surface area (Å²) < 4.78 is 11.0. The van der Waals surface area contributed by atoms with Gasteiger partial charge in [0, 0.05) is 6.42 Å². The molecule has 0 aliphatic heterocycles. The Morgan fingerprint density at radius 2 is 1.82 bits per heavy atom. The molecule has 3 nitrogen and oxygen atoms in total. The van der Waals surface area contributed by atoms with Gasteiger partial charge in [0.25, 0.3) is 0 Å². The molecule has 0 radical (unpaired) electrons. The first-order valence-electron chi connectivity index (χ1n) is 5.84. The Morgan fingerprint density at radius 3 is 2.41 bits per heavy atom.